The maximum atomic E-state index is 13.1. The van der Waals surface area contributed by atoms with Crippen LogP contribution in [-0.2, 0) is 11.8 Å². The molecule has 1 aromatic heterocycles. The number of fused-ring (bicyclic) bond motifs is 3. The second-order valence-electron chi connectivity index (χ2n) is 7.90. The van der Waals surface area contributed by atoms with Gasteiger partial charge >= 0.3 is 6.09 Å². The topological polar surface area (TPSA) is 72.3 Å². The Bertz CT molecular complexity index is 1050. The van der Waals surface area contributed by atoms with Crippen LogP contribution >= 0.6 is 0 Å². The fourth-order valence-electron chi connectivity index (χ4n) is 4.57. The van der Waals surface area contributed by atoms with Crippen molar-refractivity contribution in [3.63, 3.8) is 0 Å². The van der Waals surface area contributed by atoms with Crippen molar-refractivity contribution in [1.82, 2.24) is 25.2 Å². The first-order valence-electron chi connectivity index (χ1n) is 10.3. The molecule has 30 heavy (non-hydrogen) atoms. The Morgan fingerprint density at radius 3 is 2.43 bits per heavy atom. The molecule has 2 aromatic carbocycles. The lowest BCUT2D eigenvalue weighted by Crippen LogP contribution is -2.49. The van der Waals surface area contributed by atoms with E-state index in [1.165, 1.54) is 22.3 Å². The highest BCUT2D eigenvalue weighted by Gasteiger charge is 2.34. The number of amides is 1. The second kappa shape index (κ2) is 7.57. The molecule has 3 aromatic rings. The average molecular weight is 403 g/mol. The Morgan fingerprint density at radius 2 is 1.80 bits per heavy atom. The van der Waals surface area contributed by atoms with Gasteiger partial charge < -0.3 is 10.1 Å². The maximum Gasteiger partial charge on any atom is 0.410 e. The van der Waals surface area contributed by atoms with Gasteiger partial charge in [0.25, 0.3) is 0 Å². The van der Waals surface area contributed by atoms with Crippen LogP contribution in [0.4, 0.5) is 4.79 Å². The largest absolute Gasteiger partial charge is 0.448 e. The summed E-state index contributed by atoms with van der Waals surface area (Å²) in [4.78, 5) is 14.9. The SMILES string of the molecule is Cc1c(C2CNCCN2C(=O)OCC2c3ccccc3-c3ccccc32)nnn1C. The molecule has 1 amide bonds. The van der Waals surface area contributed by atoms with Crippen LogP contribution in [0.3, 0.4) is 0 Å². The van der Waals surface area contributed by atoms with Crippen LogP contribution in [0, 0.1) is 6.92 Å². The smallest absolute Gasteiger partial charge is 0.410 e. The Hall–Kier alpha value is -3.19. The molecule has 0 spiro atoms. The Morgan fingerprint density at radius 1 is 1.13 bits per heavy atom. The summed E-state index contributed by atoms with van der Waals surface area (Å²) in [6.07, 6.45) is -0.298. The average Bonchev–Trinajstić information content (AvgIpc) is 3.29. The highest BCUT2D eigenvalue weighted by atomic mass is 16.6. The van der Waals surface area contributed by atoms with Crippen LogP contribution in [-0.4, -0.2) is 52.2 Å². The third-order valence-electron chi connectivity index (χ3n) is 6.27. The summed E-state index contributed by atoms with van der Waals surface area (Å²) in [6.45, 7) is 4.25. The number of nitrogens with zero attached hydrogens (tertiary/aromatic N) is 4. The summed E-state index contributed by atoms with van der Waals surface area (Å²) in [7, 11) is 1.86. The molecule has 0 bridgehead atoms. The molecule has 1 atom stereocenters. The number of benzene rings is 2. The van der Waals surface area contributed by atoms with E-state index in [0.717, 1.165) is 17.9 Å². The first-order valence-corrected chi connectivity index (χ1v) is 10.3. The fraction of sp³-hybridized carbons (Fsp3) is 0.348. The van der Waals surface area contributed by atoms with Crippen molar-refractivity contribution in [3.8, 4) is 11.1 Å². The van der Waals surface area contributed by atoms with Gasteiger partial charge in [-0.25, -0.2) is 4.79 Å². The van der Waals surface area contributed by atoms with Crippen molar-refractivity contribution in [2.75, 3.05) is 26.2 Å². The van der Waals surface area contributed by atoms with Gasteiger partial charge in [-0.2, -0.15) is 0 Å². The molecule has 0 radical (unpaired) electrons. The third kappa shape index (κ3) is 3.06. The minimum atomic E-state index is -0.298. The quantitative estimate of drug-likeness (QED) is 0.728. The number of hydrogen-bond acceptors (Lipinski definition) is 5. The highest BCUT2D eigenvalue weighted by molar-refractivity contribution is 5.79. The van der Waals surface area contributed by atoms with Gasteiger partial charge in [0.1, 0.15) is 12.3 Å². The van der Waals surface area contributed by atoms with Crippen molar-refractivity contribution in [2.24, 2.45) is 7.05 Å². The zero-order chi connectivity index (χ0) is 20.7. The Labute approximate surface area is 175 Å². The van der Waals surface area contributed by atoms with Crippen molar-refractivity contribution in [2.45, 2.75) is 18.9 Å². The summed E-state index contributed by atoms with van der Waals surface area (Å²) in [5.41, 5.74) is 6.66. The number of carbonyl (C=O) groups excluding carboxylic acids is 1. The fourth-order valence-corrected chi connectivity index (χ4v) is 4.57. The lowest BCUT2D eigenvalue weighted by Gasteiger charge is -2.34. The van der Waals surface area contributed by atoms with Crippen LogP contribution in [0.25, 0.3) is 11.1 Å². The van der Waals surface area contributed by atoms with Crippen LogP contribution in [0.1, 0.15) is 34.5 Å². The van der Waals surface area contributed by atoms with Gasteiger partial charge in [0.05, 0.1) is 11.7 Å². The molecular formula is C23H25N5O2. The molecule has 154 valence electrons. The van der Waals surface area contributed by atoms with E-state index in [9.17, 15) is 4.79 Å². The van der Waals surface area contributed by atoms with Gasteiger partial charge in [0.2, 0.25) is 0 Å². The molecule has 1 N–H and O–H groups in total. The highest BCUT2D eigenvalue weighted by Crippen LogP contribution is 2.44. The number of nitrogens with one attached hydrogen (secondary N) is 1. The summed E-state index contributed by atoms with van der Waals surface area (Å²) in [6, 6.07) is 16.6. The molecule has 1 fully saturated rings. The monoisotopic (exact) mass is 403 g/mol. The predicted molar refractivity (Wildman–Crippen MR) is 113 cm³/mol. The van der Waals surface area contributed by atoms with E-state index < -0.39 is 0 Å². The third-order valence-corrected chi connectivity index (χ3v) is 6.27. The van der Waals surface area contributed by atoms with Crippen LogP contribution in [0.5, 0.6) is 0 Å². The summed E-state index contributed by atoms with van der Waals surface area (Å²) < 4.78 is 7.62. The standard InChI is InChI=1S/C23H25N5O2/c1-15-22(25-26-27(15)2)21-13-24-11-12-28(21)23(29)30-14-20-18-9-5-3-7-16(18)17-8-4-6-10-19(17)20/h3-10,20-21,24H,11-14H2,1-2H3. The van der Waals surface area contributed by atoms with Crippen LogP contribution in [0.2, 0.25) is 0 Å². The first-order chi connectivity index (χ1) is 14.6. The summed E-state index contributed by atoms with van der Waals surface area (Å²) >= 11 is 0. The van der Waals surface area contributed by atoms with E-state index in [2.05, 4.69) is 52.0 Å². The number of piperazine rings is 1. The van der Waals surface area contributed by atoms with Gasteiger partial charge in [0, 0.05) is 32.6 Å². The predicted octanol–water partition coefficient (Wildman–Crippen LogP) is 3.02. The lowest BCUT2D eigenvalue weighted by atomic mass is 9.98. The van der Waals surface area contributed by atoms with Crippen molar-refractivity contribution < 1.29 is 9.53 Å². The zero-order valence-corrected chi connectivity index (χ0v) is 17.2. The van der Waals surface area contributed by atoms with E-state index >= 15 is 0 Å². The zero-order valence-electron chi connectivity index (χ0n) is 17.2. The van der Waals surface area contributed by atoms with Gasteiger partial charge in [0.15, 0.2) is 0 Å². The summed E-state index contributed by atoms with van der Waals surface area (Å²) in [5.74, 6) is 0.0565. The Balaban J connectivity index is 1.36. The van der Waals surface area contributed by atoms with Crippen LogP contribution < -0.4 is 5.32 Å². The van der Waals surface area contributed by atoms with E-state index in [1.807, 2.05) is 26.1 Å². The number of carbonyl (C=O) groups is 1. The number of rotatable bonds is 3. The Kier molecular flexibility index (Phi) is 4.75. The second-order valence-corrected chi connectivity index (χ2v) is 7.90. The molecule has 0 saturated carbocycles. The van der Waals surface area contributed by atoms with E-state index in [0.29, 0.717) is 19.7 Å². The normalized spacial score (nSPS) is 18.2. The minimum Gasteiger partial charge on any atom is -0.448 e. The maximum absolute atomic E-state index is 13.1. The number of hydrogen-bond donors (Lipinski definition) is 1. The lowest BCUT2D eigenvalue weighted by molar-refractivity contribution is 0.0742. The number of aromatic nitrogens is 3. The molecule has 2 heterocycles. The first kappa shape index (κ1) is 18.8. The molecule has 1 unspecified atom stereocenters. The van der Waals surface area contributed by atoms with E-state index in [4.69, 9.17) is 4.74 Å². The van der Waals surface area contributed by atoms with Crippen molar-refractivity contribution in [1.29, 1.82) is 0 Å². The summed E-state index contributed by atoms with van der Waals surface area (Å²) in [5, 5.41) is 11.7. The molecule has 2 aliphatic rings. The molecule has 1 saturated heterocycles. The van der Waals surface area contributed by atoms with Gasteiger partial charge in [-0.05, 0) is 29.2 Å². The number of ether oxygens (including phenoxy) is 1. The van der Waals surface area contributed by atoms with E-state index in [-0.39, 0.29) is 18.1 Å². The number of aryl methyl sites for hydroxylation is 1. The van der Waals surface area contributed by atoms with Gasteiger partial charge in [-0.3, -0.25) is 9.58 Å². The van der Waals surface area contributed by atoms with E-state index in [1.54, 1.807) is 9.58 Å². The van der Waals surface area contributed by atoms with Crippen LogP contribution in [0.15, 0.2) is 48.5 Å². The molecule has 1 aliphatic heterocycles. The molecular weight excluding hydrogens is 378 g/mol. The molecule has 7 heteroatoms. The molecule has 7 nitrogen and oxygen atoms in total. The van der Waals surface area contributed by atoms with Crippen molar-refractivity contribution >= 4 is 6.09 Å². The van der Waals surface area contributed by atoms with Crippen molar-refractivity contribution in [3.05, 3.63) is 71.0 Å². The molecule has 1 aliphatic carbocycles. The van der Waals surface area contributed by atoms with Gasteiger partial charge in [-0.1, -0.05) is 53.7 Å². The van der Waals surface area contributed by atoms with Gasteiger partial charge in [-0.15, -0.1) is 5.10 Å². The molecule has 5 rings (SSSR count). The minimum absolute atomic E-state index is 0.0565.